The topological polar surface area (TPSA) is 80.0 Å². The first kappa shape index (κ1) is 16.2. The fourth-order valence-corrected chi connectivity index (χ4v) is 2.06. The number of aliphatic hydroxyl groups is 1. The van der Waals surface area contributed by atoms with Crippen molar-refractivity contribution in [2.24, 2.45) is 5.41 Å². The molecule has 118 valence electrons. The van der Waals surface area contributed by atoms with E-state index in [1.54, 1.807) is 29.2 Å². The number of hydrogen-bond donors (Lipinski definition) is 2. The van der Waals surface area contributed by atoms with Crippen LogP contribution in [0.4, 0.5) is 0 Å². The summed E-state index contributed by atoms with van der Waals surface area (Å²) in [6, 6.07) is 7.20. The lowest BCUT2D eigenvalue weighted by molar-refractivity contribution is 0.0948. The molecule has 0 spiro atoms. The van der Waals surface area contributed by atoms with E-state index in [0.717, 1.165) is 18.5 Å². The van der Waals surface area contributed by atoms with Gasteiger partial charge in [-0.25, -0.2) is 4.68 Å². The number of nitrogens with zero attached hydrogens (tertiary/aromatic N) is 3. The monoisotopic (exact) mass is 302 g/mol. The highest BCUT2D eigenvalue weighted by molar-refractivity contribution is 5.94. The number of carbonyl (C=O) groups excluding carboxylic acids is 1. The van der Waals surface area contributed by atoms with Gasteiger partial charge in [-0.2, -0.15) is 0 Å². The van der Waals surface area contributed by atoms with Crippen LogP contribution < -0.4 is 5.32 Å². The summed E-state index contributed by atoms with van der Waals surface area (Å²) < 4.78 is 1.64. The molecular weight excluding hydrogens is 280 g/mol. The Morgan fingerprint density at radius 3 is 2.64 bits per heavy atom. The van der Waals surface area contributed by atoms with Gasteiger partial charge in [0, 0.05) is 18.7 Å². The van der Waals surface area contributed by atoms with Crippen LogP contribution in [0, 0.1) is 5.41 Å². The summed E-state index contributed by atoms with van der Waals surface area (Å²) in [5, 5.41) is 19.7. The molecule has 6 nitrogen and oxygen atoms in total. The molecule has 1 aromatic heterocycles. The number of rotatable bonds is 7. The summed E-state index contributed by atoms with van der Waals surface area (Å²) in [4.78, 5) is 12.0. The SMILES string of the molecule is CC(C)(CO)CCCNC(=O)c1ccc(-n2ccnn2)cc1. The average Bonchev–Trinajstić information content (AvgIpc) is 3.06. The first-order valence-electron chi connectivity index (χ1n) is 7.38. The maximum Gasteiger partial charge on any atom is 0.251 e. The number of amides is 1. The van der Waals surface area contributed by atoms with Gasteiger partial charge in [0.05, 0.1) is 18.1 Å². The molecule has 0 saturated carbocycles. The van der Waals surface area contributed by atoms with Crippen LogP contribution in [0.25, 0.3) is 5.69 Å². The van der Waals surface area contributed by atoms with Crippen LogP contribution in [-0.2, 0) is 0 Å². The molecule has 2 N–H and O–H groups in total. The summed E-state index contributed by atoms with van der Waals surface area (Å²) in [6.07, 6.45) is 5.07. The van der Waals surface area contributed by atoms with E-state index in [1.807, 2.05) is 26.0 Å². The highest BCUT2D eigenvalue weighted by Crippen LogP contribution is 2.20. The van der Waals surface area contributed by atoms with E-state index in [2.05, 4.69) is 15.6 Å². The van der Waals surface area contributed by atoms with Crippen molar-refractivity contribution in [3.63, 3.8) is 0 Å². The maximum absolute atomic E-state index is 12.0. The molecule has 1 heterocycles. The lowest BCUT2D eigenvalue weighted by Crippen LogP contribution is -2.26. The Kier molecular flexibility index (Phi) is 5.27. The minimum absolute atomic E-state index is 0.0908. The van der Waals surface area contributed by atoms with Gasteiger partial charge in [0.25, 0.3) is 5.91 Å². The van der Waals surface area contributed by atoms with Gasteiger partial charge in [0.1, 0.15) is 0 Å². The van der Waals surface area contributed by atoms with Crippen LogP contribution in [0.15, 0.2) is 36.7 Å². The van der Waals surface area contributed by atoms with E-state index in [0.29, 0.717) is 12.1 Å². The van der Waals surface area contributed by atoms with Crippen molar-refractivity contribution < 1.29 is 9.90 Å². The van der Waals surface area contributed by atoms with Gasteiger partial charge in [-0.15, -0.1) is 5.10 Å². The van der Waals surface area contributed by atoms with Crippen LogP contribution in [0.5, 0.6) is 0 Å². The number of aliphatic hydroxyl groups excluding tert-OH is 1. The van der Waals surface area contributed by atoms with Crippen LogP contribution in [0.1, 0.15) is 37.0 Å². The second-order valence-electron chi connectivity index (χ2n) is 6.08. The maximum atomic E-state index is 12.0. The summed E-state index contributed by atoms with van der Waals surface area (Å²) >= 11 is 0. The van der Waals surface area contributed by atoms with Crippen molar-refractivity contribution in [3.05, 3.63) is 42.2 Å². The van der Waals surface area contributed by atoms with Crippen molar-refractivity contribution in [1.82, 2.24) is 20.3 Å². The van der Waals surface area contributed by atoms with Gasteiger partial charge in [0.2, 0.25) is 0 Å². The Morgan fingerprint density at radius 2 is 2.05 bits per heavy atom. The fraction of sp³-hybridized carbons (Fsp3) is 0.438. The third kappa shape index (κ3) is 4.39. The van der Waals surface area contributed by atoms with Crippen molar-refractivity contribution >= 4 is 5.91 Å². The number of nitrogens with one attached hydrogen (secondary N) is 1. The molecule has 0 radical (unpaired) electrons. The van der Waals surface area contributed by atoms with Crippen molar-refractivity contribution in [3.8, 4) is 5.69 Å². The molecule has 1 aromatic carbocycles. The smallest absolute Gasteiger partial charge is 0.251 e. The van der Waals surface area contributed by atoms with E-state index in [1.165, 1.54) is 0 Å². The quantitative estimate of drug-likeness (QED) is 0.764. The van der Waals surface area contributed by atoms with E-state index >= 15 is 0 Å². The fourth-order valence-electron chi connectivity index (χ4n) is 2.06. The zero-order valence-corrected chi connectivity index (χ0v) is 13.0. The van der Waals surface area contributed by atoms with Gasteiger partial charge in [-0.3, -0.25) is 4.79 Å². The highest BCUT2D eigenvalue weighted by atomic mass is 16.3. The van der Waals surface area contributed by atoms with Crippen molar-refractivity contribution in [1.29, 1.82) is 0 Å². The number of hydrogen-bond acceptors (Lipinski definition) is 4. The van der Waals surface area contributed by atoms with E-state index in [9.17, 15) is 9.90 Å². The van der Waals surface area contributed by atoms with Gasteiger partial charge in [0.15, 0.2) is 0 Å². The van der Waals surface area contributed by atoms with Gasteiger partial charge in [-0.1, -0.05) is 19.1 Å². The summed E-state index contributed by atoms with van der Waals surface area (Å²) in [7, 11) is 0. The first-order chi connectivity index (χ1) is 10.5. The summed E-state index contributed by atoms with van der Waals surface area (Å²) in [5.41, 5.74) is 1.38. The van der Waals surface area contributed by atoms with Gasteiger partial charge >= 0.3 is 0 Å². The normalized spacial score (nSPS) is 11.4. The lowest BCUT2D eigenvalue weighted by atomic mass is 9.89. The Bertz CT molecular complexity index is 591. The zero-order valence-electron chi connectivity index (χ0n) is 13.0. The molecule has 6 heteroatoms. The summed E-state index contributed by atoms with van der Waals surface area (Å²) in [6.45, 7) is 4.78. The highest BCUT2D eigenvalue weighted by Gasteiger charge is 2.15. The zero-order chi connectivity index (χ0) is 16.0. The molecule has 0 aliphatic carbocycles. The second-order valence-corrected chi connectivity index (χ2v) is 6.08. The van der Waals surface area contributed by atoms with E-state index in [-0.39, 0.29) is 17.9 Å². The van der Waals surface area contributed by atoms with Crippen LogP contribution in [0.2, 0.25) is 0 Å². The van der Waals surface area contributed by atoms with Crippen LogP contribution >= 0.6 is 0 Å². The molecule has 0 bridgehead atoms. The van der Waals surface area contributed by atoms with Crippen LogP contribution in [0.3, 0.4) is 0 Å². The molecule has 22 heavy (non-hydrogen) atoms. The Morgan fingerprint density at radius 1 is 1.32 bits per heavy atom. The molecule has 2 aromatic rings. The van der Waals surface area contributed by atoms with Crippen molar-refractivity contribution in [2.45, 2.75) is 26.7 Å². The Balaban J connectivity index is 1.83. The molecule has 0 fully saturated rings. The molecule has 2 rings (SSSR count). The van der Waals surface area contributed by atoms with Gasteiger partial charge in [-0.05, 0) is 42.5 Å². The van der Waals surface area contributed by atoms with Crippen molar-refractivity contribution in [2.75, 3.05) is 13.2 Å². The average molecular weight is 302 g/mol. The van der Waals surface area contributed by atoms with E-state index in [4.69, 9.17) is 0 Å². The summed E-state index contributed by atoms with van der Waals surface area (Å²) in [5.74, 6) is -0.0908. The number of benzene rings is 1. The predicted molar refractivity (Wildman–Crippen MR) is 83.8 cm³/mol. The molecule has 1 amide bonds. The number of aromatic nitrogens is 3. The largest absolute Gasteiger partial charge is 0.396 e. The minimum Gasteiger partial charge on any atom is -0.396 e. The standard InChI is InChI=1S/C16H22N4O2/c1-16(2,12-21)8-3-9-17-15(22)13-4-6-14(7-5-13)20-11-10-18-19-20/h4-7,10-11,21H,3,8-9,12H2,1-2H3,(H,17,22). The number of carbonyl (C=O) groups is 1. The minimum atomic E-state index is -0.0931. The molecule has 0 aliphatic heterocycles. The third-order valence-electron chi connectivity index (χ3n) is 3.56. The Labute approximate surface area is 130 Å². The van der Waals surface area contributed by atoms with Crippen LogP contribution in [-0.4, -0.2) is 39.2 Å². The molecule has 0 saturated heterocycles. The van der Waals surface area contributed by atoms with Gasteiger partial charge < -0.3 is 10.4 Å². The molecule has 0 unspecified atom stereocenters. The second kappa shape index (κ2) is 7.17. The predicted octanol–water partition coefficient (Wildman–Crippen LogP) is 1.80. The third-order valence-corrected chi connectivity index (χ3v) is 3.56. The lowest BCUT2D eigenvalue weighted by Gasteiger charge is -2.21. The molecular formula is C16H22N4O2. The molecule has 0 atom stereocenters. The van der Waals surface area contributed by atoms with E-state index < -0.39 is 0 Å². The molecule has 0 aliphatic rings. The first-order valence-corrected chi connectivity index (χ1v) is 7.38. The Hall–Kier alpha value is -2.21.